The lowest BCUT2D eigenvalue weighted by molar-refractivity contribution is -0.138. The third-order valence-corrected chi connectivity index (χ3v) is 2.36. The van der Waals surface area contributed by atoms with Crippen LogP contribution in [0.3, 0.4) is 0 Å². The molecule has 1 aromatic rings. The number of nitrogens with one attached hydrogen (secondary N) is 1. The van der Waals surface area contributed by atoms with Crippen LogP contribution in [0, 0.1) is 0 Å². The van der Waals surface area contributed by atoms with Crippen LogP contribution in [-0.4, -0.2) is 29.6 Å². The SMILES string of the molecule is C[C@@H](NC(=O)c1cc(Cl)ccc1OC(F)F)C(=O)O. The Morgan fingerprint density at radius 3 is 2.58 bits per heavy atom. The minimum Gasteiger partial charge on any atom is -0.480 e. The Labute approximate surface area is 112 Å². The van der Waals surface area contributed by atoms with Crippen molar-refractivity contribution in [3.05, 3.63) is 28.8 Å². The molecule has 0 aromatic heterocycles. The predicted molar refractivity (Wildman–Crippen MR) is 62.6 cm³/mol. The van der Waals surface area contributed by atoms with Gasteiger partial charge in [0.1, 0.15) is 11.8 Å². The first-order valence-electron chi connectivity index (χ1n) is 5.09. The van der Waals surface area contributed by atoms with Crippen molar-refractivity contribution in [3.8, 4) is 5.75 Å². The fraction of sp³-hybridized carbons (Fsp3) is 0.273. The highest BCUT2D eigenvalue weighted by Crippen LogP contribution is 2.24. The van der Waals surface area contributed by atoms with E-state index in [0.717, 1.165) is 12.1 Å². The van der Waals surface area contributed by atoms with E-state index in [2.05, 4.69) is 10.1 Å². The van der Waals surface area contributed by atoms with Crippen molar-refractivity contribution in [1.82, 2.24) is 5.32 Å². The molecule has 19 heavy (non-hydrogen) atoms. The van der Waals surface area contributed by atoms with E-state index in [9.17, 15) is 18.4 Å². The Balaban J connectivity index is 3.00. The van der Waals surface area contributed by atoms with Gasteiger partial charge in [0.25, 0.3) is 5.91 Å². The Kier molecular flexibility index (Phi) is 5.05. The van der Waals surface area contributed by atoms with Crippen molar-refractivity contribution in [3.63, 3.8) is 0 Å². The highest BCUT2D eigenvalue weighted by atomic mass is 35.5. The van der Waals surface area contributed by atoms with Gasteiger partial charge in [0.2, 0.25) is 0 Å². The summed E-state index contributed by atoms with van der Waals surface area (Å²) in [5, 5.41) is 10.9. The van der Waals surface area contributed by atoms with Gasteiger partial charge in [-0.15, -0.1) is 0 Å². The summed E-state index contributed by atoms with van der Waals surface area (Å²) >= 11 is 5.66. The molecule has 5 nitrogen and oxygen atoms in total. The number of benzene rings is 1. The molecule has 0 fully saturated rings. The first-order valence-corrected chi connectivity index (χ1v) is 5.47. The molecule has 0 unspecified atom stereocenters. The van der Waals surface area contributed by atoms with Crippen molar-refractivity contribution in [1.29, 1.82) is 0 Å². The van der Waals surface area contributed by atoms with Gasteiger partial charge in [-0.05, 0) is 25.1 Å². The highest BCUT2D eigenvalue weighted by Gasteiger charge is 2.20. The number of amides is 1. The van der Waals surface area contributed by atoms with Gasteiger partial charge in [0, 0.05) is 5.02 Å². The maximum Gasteiger partial charge on any atom is 0.387 e. The first-order chi connectivity index (χ1) is 8.81. The summed E-state index contributed by atoms with van der Waals surface area (Å²) in [6, 6.07) is 2.32. The minimum atomic E-state index is -3.11. The number of carbonyl (C=O) groups is 2. The molecule has 1 amide bonds. The molecule has 1 atom stereocenters. The maximum atomic E-state index is 12.2. The monoisotopic (exact) mass is 293 g/mol. The Bertz CT molecular complexity index is 496. The van der Waals surface area contributed by atoms with Gasteiger partial charge in [-0.3, -0.25) is 9.59 Å². The van der Waals surface area contributed by atoms with Crippen LogP contribution in [0.4, 0.5) is 8.78 Å². The summed E-state index contributed by atoms with van der Waals surface area (Å²) in [5.74, 6) is -2.51. The van der Waals surface area contributed by atoms with Crippen molar-refractivity contribution >= 4 is 23.5 Å². The van der Waals surface area contributed by atoms with Crippen LogP contribution in [-0.2, 0) is 4.79 Å². The summed E-state index contributed by atoms with van der Waals surface area (Å²) in [4.78, 5) is 22.4. The van der Waals surface area contributed by atoms with E-state index in [1.807, 2.05) is 0 Å². The van der Waals surface area contributed by atoms with Crippen LogP contribution in [0.1, 0.15) is 17.3 Å². The number of hydrogen-bond donors (Lipinski definition) is 2. The highest BCUT2D eigenvalue weighted by molar-refractivity contribution is 6.31. The van der Waals surface area contributed by atoms with E-state index >= 15 is 0 Å². The maximum absolute atomic E-state index is 12.2. The zero-order valence-corrected chi connectivity index (χ0v) is 10.4. The summed E-state index contributed by atoms with van der Waals surface area (Å²) in [6.45, 7) is -1.87. The topological polar surface area (TPSA) is 75.6 Å². The fourth-order valence-corrected chi connectivity index (χ4v) is 1.39. The number of ether oxygens (including phenoxy) is 1. The van der Waals surface area contributed by atoms with Crippen LogP contribution in [0.25, 0.3) is 0 Å². The largest absolute Gasteiger partial charge is 0.480 e. The standard InChI is InChI=1S/C11H10ClF2NO4/c1-5(10(17)18)15-9(16)7-4-6(12)2-3-8(7)19-11(13)14/h2-5,11H,1H3,(H,15,16)(H,17,18)/t5-/m1/s1. The number of carboxylic acid groups (broad SMARTS) is 1. The van der Waals surface area contributed by atoms with E-state index in [1.54, 1.807) is 0 Å². The zero-order chi connectivity index (χ0) is 14.6. The Morgan fingerprint density at radius 2 is 2.05 bits per heavy atom. The predicted octanol–water partition coefficient (Wildman–Crippen LogP) is 2.14. The molecule has 2 N–H and O–H groups in total. The van der Waals surface area contributed by atoms with E-state index < -0.39 is 24.5 Å². The molecular weight excluding hydrogens is 284 g/mol. The lowest BCUT2D eigenvalue weighted by Crippen LogP contribution is -2.38. The minimum absolute atomic E-state index is 0.134. The van der Waals surface area contributed by atoms with Gasteiger partial charge in [-0.1, -0.05) is 11.6 Å². The molecule has 0 radical (unpaired) electrons. The number of alkyl halides is 2. The van der Waals surface area contributed by atoms with E-state index in [1.165, 1.54) is 13.0 Å². The third-order valence-electron chi connectivity index (χ3n) is 2.12. The molecule has 0 heterocycles. The number of halogens is 3. The smallest absolute Gasteiger partial charge is 0.387 e. The van der Waals surface area contributed by atoms with Crippen LogP contribution in [0.5, 0.6) is 5.75 Å². The molecule has 1 aromatic carbocycles. The number of carboxylic acids is 1. The van der Waals surface area contributed by atoms with Crippen LogP contribution in [0.15, 0.2) is 18.2 Å². The summed E-state index contributed by atoms with van der Waals surface area (Å²) < 4.78 is 28.5. The Morgan fingerprint density at radius 1 is 1.42 bits per heavy atom. The van der Waals surface area contributed by atoms with Crippen molar-refractivity contribution in [2.45, 2.75) is 19.6 Å². The van der Waals surface area contributed by atoms with E-state index in [-0.39, 0.29) is 16.3 Å². The number of hydrogen-bond acceptors (Lipinski definition) is 3. The summed E-state index contributed by atoms with van der Waals surface area (Å²) in [6.07, 6.45) is 0. The molecule has 8 heteroatoms. The zero-order valence-electron chi connectivity index (χ0n) is 9.69. The third kappa shape index (κ3) is 4.36. The van der Waals surface area contributed by atoms with Crippen molar-refractivity contribution in [2.75, 3.05) is 0 Å². The summed E-state index contributed by atoms with van der Waals surface area (Å²) in [7, 11) is 0. The van der Waals surface area contributed by atoms with Gasteiger partial charge in [-0.25, -0.2) is 0 Å². The van der Waals surface area contributed by atoms with Gasteiger partial charge in [0.05, 0.1) is 5.56 Å². The molecule has 1 rings (SSSR count). The molecule has 0 bridgehead atoms. The molecular formula is C11H10ClF2NO4. The average molecular weight is 294 g/mol. The molecule has 104 valence electrons. The first kappa shape index (κ1) is 15.2. The van der Waals surface area contributed by atoms with Crippen LogP contribution < -0.4 is 10.1 Å². The van der Waals surface area contributed by atoms with Gasteiger partial charge < -0.3 is 15.2 Å². The van der Waals surface area contributed by atoms with Crippen LogP contribution in [0.2, 0.25) is 5.02 Å². The molecule has 0 spiro atoms. The molecule has 0 saturated heterocycles. The lowest BCUT2D eigenvalue weighted by Gasteiger charge is -2.13. The van der Waals surface area contributed by atoms with Crippen molar-refractivity contribution in [2.24, 2.45) is 0 Å². The number of rotatable bonds is 5. The summed E-state index contributed by atoms with van der Waals surface area (Å²) in [5.41, 5.74) is -0.263. The second kappa shape index (κ2) is 6.33. The van der Waals surface area contributed by atoms with E-state index in [0.29, 0.717) is 0 Å². The van der Waals surface area contributed by atoms with Gasteiger partial charge in [-0.2, -0.15) is 8.78 Å². The van der Waals surface area contributed by atoms with Crippen LogP contribution >= 0.6 is 11.6 Å². The quantitative estimate of drug-likeness (QED) is 0.872. The molecule has 0 aliphatic carbocycles. The second-order valence-corrected chi connectivity index (χ2v) is 3.99. The Hall–Kier alpha value is -1.89. The fourth-order valence-electron chi connectivity index (χ4n) is 1.21. The van der Waals surface area contributed by atoms with Gasteiger partial charge >= 0.3 is 12.6 Å². The lowest BCUT2D eigenvalue weighted by atomic mass is 10.1. The molecule has 0 aliphatic rings. The molecule has 0 aliphatic heterocycles. The second-order valence-electron chi connectivity index (χ2n) is 3.55. The van der Waals surface area contributed by atoms with Gasteiger partial charge in [0.15, 0.2) is 0 Å². The normalized spacial score (nSPS) is 12.1. The van der Waals surface area contributed by atoms with Crippen molar-refractivity contribution < 1.29 is 28.2 Å². The number of carbonyl (C=O) groups excluding carboxylic acids is 1. The van der Waals surface area contributed by atoms with E-state index in [4.69, 9.17) is 16.7 Å². The average Bonchev–Trinajstić information content (AvgIpc) is 2.30. The number of aliphatic carboxylic acids is 1. The molecule has 0 saturated carbocycles.